The fourth-order valence-electron chi connectivity index (χ4n) is 4.25. The number of nitrogens with two attached hydrogens (primary N) is 1. The van der Waals surface area contributed by atoms with E-state index >= 15 is 0 Å². The summed E-state index contributed by atoms with van der Waals surface area (Å²) in [6, 6.07) is 7.22. The molecule has 1 atom stereocenters. The molecule has 0 radical (unpaired) electrons. The number of nitrogens with zero attached hydrogens (tertiary/aromatic N) is 2. The van der Waals surface area contributed by atoms with E-state index in [1.807, 2.05) is 34.5 Å². The Balaban J connectivity index is 1.39. The number of aromatic nitrogens is 1. The van der Waals surface area contributed by atoms with Gasteiger partial charge in [0.15, 0.2) is 5.13 Å². The van der Waals surface area contributed by atoms with Gasteiger partial charge in [0, 0.05) is 29.6 Å². The number of carbonyl (C=O) groups excluding carboxylic acids is 2. The zero-order valence-electron chi connectivity index (χ0n) is 15.9. The average molecular weight is 399 g/mol. The Morgan fingerprint density at radius 1 is 1.18 bits per heavy atom. The van der Waals surface area contributed by atoms with E-state index in [0.29, 0.717) is 23.9 Å². The second kappa shape index (κ2) is 8.31. The molecule has 28 heavy (non-hydrogen) atoms. The maximum Gasteiger partial charge on any atom is 0.247 e. The normalized spacial score (nSPS) is 20.5. The Morgan fingerprint density at radius 2 is 1.93 bits per heavy atom. The Kier molecular flexibility index (Phi) is 5.62. The number of amides is 2. The molecule has 0 spiro atoms. The lowest BCUT2D eigenvalue weighted by Crippen LogP contribution is -2.44. The first-order chi connectivity index (χ1) is 13.6. The molecule has 0 bridgehead atoms. The van der Waals surface area contributed by atoms with Gasteiger partial charge in [-0.1, -0.05) is 31.4 Å². The first kappa shape index (κ1) is 18.9. The molecule has 6 nitrogen and oxygen atoms in total. The summed E-state index contributed by atoms with van der Waals surface area (Å²) >= 11 is 1.40. The van der Waals surface area contributed by atoms with Crippen molar-refractivity contribution in [2.24, 2.45) is 5.92 Å². The SMILES string of the molecule is Nc1nc(-c2ccc(NC(=O)[C@@H]3CCC(=O)N3CC3CCCCC3)cc2)cs1. The van der Waals surface area contributed by atoms with Crippen molar-refractivity contribution in [3.63, 3.8) is 0 Å². The summed E-state index contributed by atoms with van der Waals surface area (Å²) in [7, 11) is 0. The van der Waals surface area contributed by atoms with Gasteiger partial charge < -0.3 is 16.0 Å². The molecule has 1 aliphatic carbocycles. The minimum Gasteiger partial charge on any atom is -0.375 e. The van der Waals surface area contributed by atoms with Gasteiger partial charge in [-0.15, -0.1) is 11.3 Å². The largest absolute Gasteiger partial charge is 0.375 e. The van der Waals surface area contributed by atoms with Gasteiger partial charge in [0.2, 0.25) is 11.8 Å². The fraction of sp³-hybridized carbons (Fsp3) is 0.476. The second-order valence-electron chi connectivity index (χ2n) is 7.74. The van der Waals surface area contributed by atoms with Crippen LogP contribution in [0.5, 0.6) is 0 Å². The molecule has 2 amide bonds. The smallest absolute Gasteiger partial charge is 0.247 e. The van der Waals surface area contributed by atoms with Crippen LogP contribution < -0.4 is 11.1 Å². The van der Waals surface area contributed by atoms with Crippen molar-refractivity contribution in [1.29, 1.82) is 0 Å². The molecule has 2 aromatic rings. The summed E-state index contributed by atoms with van der Waals surface area (Å²) in [4.78, 5) is 31.3. The van der Waals surface area contributed by atoms with Gasteiger partial charge in [0.05, 0.1) is 5.69 Å². The van der Waals surface area contributed by atoms with Crippen molar-refractivity contribution >= 4 is 34.0 Å². The topological polar surface area (TPSA) is 88.3 Å². The summed E-state index contributed by atoms with van der Waals surface area (Å²) in [5.41, 5.74) is 8.21. The number of likely N-dealkylation sites (tertiary alicyclic amines) is 1. The van der Waals surface area contributed by atoms with Gasteiger partial charge in [-0.05, 0) is 37.3 Å². The van der Waals surface area contributed by atoms with Crippen molar-refractivity contribution < 1.29 is 9.59 Å². The first-order valence-corrected chi connectivity index (χ1v) is 10.9. The Morgan fingerprint density at radius 3 is 2.61 bits per heavy atom. The highest BCUT2D eigenvalue weighted by atomic mass is 32.1. The number of hydrogen-bond acceptors (Lipinski definition) is 5. The molecular weight excluding hydrogens is 372 g/mol. The van der Waals surface area contributed by atoms with Crippen LogP contribution in [-0.4, -0.2) is 34.3 Å². The number of anilines is 2. The molecule has 1 aromatic heterocycles. The van der Waals surface area contributed by atoms with Crippen LogP contribution in [0, 0.1) is 5.92 Å². The standard InChI is InChI=1S/C21H26N4O2S/c22-21-24-17(13-28-21)15-6-8-16(9-7-15)23-20(27)18-10-11-19(26)25(18)12-14-4-2-1-3-5-14/h6-9,13-14,18H,1-5,10-12H2,(H2,22,24)(H,23,27)/t18-/m0/s1. The number of thiazole rings is 1. The zero-order valence-corrected chi connectivity index (χ0v) is 16.7. The van der Waals surface area contributed by atoms with Crippen molar-refractivity contribution in [3.05, 3.63) is 29.6 Å². The van der Waals surface area contributed by atoms with E-state index in [4.69, 9.17) is 5.73 Å². The number of nitrogen functional groups attached to an aromatic ring is 1. The highest BCUT2D eigenvalue weighted by molar-refractivity contribution is 7.13. The van der Waals surface area contributed by atoms with E-state index in [1.165, 1.54) is 43.4 Å². The Bertz CT molecular complexity index is 842. The molecule has 1 saturated heterocycles. The number of nitrogens with one attached hydrogen (secondary N) is 1. The maximum atomic E-state index is 12.8. The maximum absolute atomic E-state index is 12.8. The zero-order chi connectivity index (χ0) is 19.5. The molecule has 1 aliphatic heterocycles. The molecule has 2 aliphatic rings. The molecule has 0 unspecified atom stereocenters. The van der Waals surface area contributed by atoms with Crippen LogP contribution in [0.3, 0.4) is 0 Å². The number of carbonyl (C=O) groups is 2. The minimum absolute atomic E-state index is 0.0905. The van der Waals surface area contributed by atoms with E-state index in [9.17, 15) is 9.59 Å². The van der Waals surface area contributed by atoms with Crippen molar-refractivity contribution in [1.82, 2.24) is 9.88 Å². The third-order valence-corrected chi connectivity index (χ3v) is 6.45. The van der Waals surface area contributed by atoms with Gasteiger partial charge in [-0.2, -0.15) is 0 Å². The predicted octanol–water partition coefficient (Wildman–Crippen LogP) is 3.90. The number of rotatable bonds is 5. The van der Waals surface area contributed by atoms with Gasteiger partial charge >= 0.3 is 0 Å². The van der Waals surface area contributed by atoms with Crippen LogP contribution in [0.15, 0.2) is 29.6 Å². The summed E-state index contributed by atoms with van der Waals surface area (Å²) in [6.07, 6.45) is 7.17. The lowest BCUT2D eigenvalue weighted by atomic mass is 9.89. The van der Waals surface area contributed by atoms with E-state index in [0.717, 1.165) is 23.5 Å². The lowest BCUT2D eigenvalue weighted by Gasteiger charge is -2.30. The van der Waals surface area contributed by atoms with Gasteiger partial charge in [0.1, 0.15) is 6.04 Å². The van der Waals surface area contributed by atoms with Gasteiger partial charge in [-0.25, -0.2) is 4.98 Å². The number of benzene rings is 1. The van der Waals surface area contributed by atoms with Gasteiger partial charge in [-0.3, -0.25) is 9.59 Å². The van der Waals surface area contributed by atoms with Crippen molar-refractivity contribution in [2.45, 2.75) is 51.0 Å². The van der Waals surface area contributed by atoms with Crippen molar-refractivity contribution in [2.75, 3.05) is 17.6 Å². The molecule has 1 saturated carbocycles. The molecule has 2 heterocycles. The van der Waals surface area contributed by atoms with E-state index in [-0.39, 0.29) is 17.9 Å². The third-order valence-electron chi connectivity index (χ3n) is 5.78. The number of hydrogen-bond donors (Lipinski definition) is 2. The van der Waals surface area contributed by atoms with E-state index in [2.05, 4.69) is 10.3 Å². The lowest BCUT2D eigenvalue weighted by molar-refractivity contribution is -0.134. The fourth-order valence-corrected chi connectivity index (χ4v) is 4.83. The summed E-state index contributed by atoms with van der Waals surface area (Å²) < 4.78 is 0. The van der Waals surface area contributed by atoms with Crippen LogP contribution >= 0.6 is 11.3 Å². The second-order valence-corrected chi connectivity index (χ2v) is 8.63. The molecule has 3 N–H and O–H groups in total. The summed E-state index contributed by atoms with van der Waals surface area (Å²) in [6.45, 7) is 0.723. The van der Waals surface area contributed by atoms with Crippen LogP contribution in [-0.2, 0) is 9.59 Å². The molecule has 7 heteroatoms. The molecule has 148 valence electrons. The minimum atomic E-state index is -0.354. The van der Waals surface area contributed by atoms with E-state index < -0.39 is 0 Å². The van der Waals surface area contributed by atoms with Gasteiger partial charge in [0.25, 0.3) is 0 Å². The third kappa shape index (κ3) is 4.19. The summed E-state index contributed by atoms with van der Waals surface area (Å²) in [5, 5.41) is 5.43. The molecular formula is C21H26N4O2S. The molecule has 2 fully saturated rings. The van der Waals surface area contributed by atoms with Crippen LogP contribution in [0.1, 0.15) is 44.9 Å². The van der Waals surface area contributed by atoms with E-state index in [1.54, 1.807) is 0 Å². The predicted molar refractivity (Wildman–Crippen MR) is 112 cm³/mol. The van der Waals surface area contributed by atoms with Crippen molar-refractivity contribution in [3.8, 4) is 11.3 Å². The Hall–Kier alpha value is -2.41. The van der Waals surface area contributed by atoms with Crippen LogP contribution in [0.2, 0.25) is 0 Å². The highest BCUT2D eigenvalue weighted by Gasteiger charge is 2.37. The molecule has 4 rings (SSSR count). The Labute approximate surface area is 169 Å². The van der Waals surface area contributed by atoms with Crippen LogP contribution in [0.25, 0.3) is 11.3 Å². The van der Waals surface area contributed by atoms with Crippen LogP contribution in [0.4, 0.5) is 10.8 Å². The highest BCUT2D eigenvalue weighted by Crippen LogP contribution is 2.29. The quantitative estimate of drug-likeness (QED) is 0.799. The first-order valence-electron chi connectivity index (χ1n) is 10.0. The summed E-state index contributed by atoms with van der Waals surface area (Å²) in [5.74, 6) is 0.561. The average Bonchev–Trinajstić information content (AvgIpc) is 3.29. The monoisotopic (exact) mass is 398 g/mol. The molecule has 1 aromatic carbocycles.